The van der Waals surface area contributed by atoms with Crippen molar-refractivity contribution in [1.82, 2.24) is 0 Å². The van der Waals surface area contributed by atoms with E-state index in [1.807, 2.05) is 0 Å². The lowest BCUT2D eigenvalue weighted by atomic mass is 10.2. The average Bonchev–Trinajstić information content (AvgIpc) is 2.56. The summed E-state index contributed by atoms with van der Waals surface area (Å²) in [6.07, 6.45) is -3.82. The number of primary amides is 1. The van der Waals surface area contributed by atoms with E-state index in [2.05, 4.69) is 4.74 Å². The number of anilines is 1. The zero-order chi connectivity index (χ0) is 19.5. The fraction of sp³-hybridized carbons (Fsp3) is 0.125. The topological polar surface area (TPSA) is 72.6 Å². The van der Waals surface area contributed by atoms with Crippen LogP contribution in [0.5, 0.6) is 5.75 Å². The van der Waals surface area contributed by atoms with Gasteiger partial charge in [-0.2, -0.15) is 8.78 Å². The van der Waals surface area contributed by atoms with Crippen molar-refractivity contribution in [2.75, 3.05) is 4.90 Å². The van der Waals surface area contributed by atoms with Gasteiger partial charge in [-0.1, -0.05) is 46.9 Å². The zero-order valence-corrected chi connectivity index (χ0v) is 15.1. The smallest absolute Gasteiger partial charge is 0.428 e. The maximum Gasteiger partial charge on any atom is 0.428 e. The molecular weight excluding hydrogens is 413 g/mol. The van der Waals surface area contributed by atoms with Crippen LogP contribution in [-0.2, 0) is 0 Å². The zero-order valence-electron chi connectivity index (χ0n) is 12.8. The van der Waals surface area contributed by atoms with Crippen molar-refractivity contribution in [2.24, 2.45) is 5.73 Å². The molecule has 0 saturated carbocycles. The number of hydrogen-bond acceptors (Lipinski definition) is 3. The van der Waals surface area contributed by atoms with Gasteiger partial charge in [0.2, 0.25) is 4.84 Å². The Hall–Kier alpha value is -2.09. The molecule has 5 nitrogen and oxygen atoms in total. The Labute approximate surface area is 162 Å². The standard InChI is InChI=1S/C16H11Cl3F2N2O3/c17-12-4-2-1-3-11(12)13(24)23(15(22)25)9-5-7-10(8-6-9)26-16(20,21)14(18)19/h1-8,14H,(H2,22,25). The molecule has 0 atom stereocenters. The molecule has 0 bridgehead atoms. The minimum absolute atomic E-state index is 0.0337. The van der Waals surface area contributed by atoms with Crippen LogP contribution >= 0.6 is 34.8 Å². The van der Waals surface area contributed by atoms with Crippen LogP contribution in [0.25, 0.3) is 0 Å². The van der Waals surface area contributed by atoms with Crippen molar-refractivity contribution in [2.45, 2.75) is 10.9 Å². The number of halogens is 5. The lowest BCUT2D eigenvalue weighted by molar-refractivity contribution is -0.163. The Bertz CT molecular complexity index is 817. The van der Waals surface area contributed by atoms with Crippen LogP contribution in [-0.4, -0.2) is 22.9 Å². The molecule has 138 valence electrons. The fourth-order valence-electron chi connectivity index (χ4n) is 1.96. The van der Waals surface area contributed by atoms with E-state index in [-0.39, 0.29) is 22.0 Å². The number of rotatable bonds is 5. The summed E-state index contributed by atoms with van der Waals surface area (Å²) in [6, 6.07) is 9.60. The predicted molar refractivity (Wildman–Crippen MR) is 95.4 cm³/mol. The molecule has 0 aliphatic rings. The Kier molecular flexibility index (Phi) is 6.28. The molecule has 2 aromatic carbocycles. The van der Waals surface area contributed by atoms with E-state index in [1.54, 1.807) is 12.1 Å². The molecule has 0 heterocycles. The molecule has 0 unspecified atom stereocenters. The van der Waals surface area contributed by atoms with E-state index >= 15 is 0 Å². The lowest BCUT2D eigenvalue weighted by Crippen LogP contribution is -2.41. The van der Waals surface area contributed by atoms with Gasteiger partial charge in [-0.05, 0) is 36.4 Å². The van der Waals surface area contributed by atoms with Crippen LogP contribution in [0.3, 0.4) is 0 Å². The molecule has 0 aliphatic carbocycles. The molecule has 0 aliphatic heterocycles. The number of imide groups is 1. The van der Waals surface area contributed by atoms with Crippen molar-refractivity contribution < 1.29 is 23.1 Å². The van der Waals surface area contributed by atoms with Crippen LogP contribution in [0.2, 0.25) is 5.02 Å². The Balaban J connectivity index is 2.30. The van der Waals surface area contributed by atoms with E-state index in [1.165, 1.54) is 24.3 Å². The number of ether oxygens (including phenoxy) is 1. The number of carbonyl (C=O) groups is 2. The highest BCUT2D eigenvalue weighted by molar-refractivity contribution is 6.44. The number of nitrogens with two attached hydrogens (primary N) is 1. The van der Waals surface area contributed by atoms with Crippen LogP contribution in [0.15, 0.2) is 48.5 Å². The van der Waals surface area contributed by atoms with E-state index in [0.29, 0.717) is 4.90 Å². The third kappa shape index (κ3) is 4.55. The number of nitrogens with zero attached hydrogens (tertiary/aromatic N) is 1. The maximum atomic E-state index is 13.4. The van der Waals surface area contributed by atoms with Gasteiger partial charge in [-0.25, -0.2) is 9.69 Å². The predicted octanol–water partition coefficient (Wildman–Crippen LogP) is 4.84. The minimum atomic E-state index is -3.82. The van der Waals surface area contributed by atoms with Crippen LogP contribution < -0.4 is 15.4 Å². The quantitative estimate of drug-likeness (QED) is 0.699. The van der Waals surface area contributed by atoms with Crippen molar-refractivity contribution >= 4 is 52.4 Å². The fourth-order valence-corrected chi connectivity index (χ4v) is 2.27. The summed E-state index contributed by atoms with van der Waals surface area (Å²) in [5.41, 5.74) is 5.36. The Morgan fingerprint density at radius 3 is 2.15 bits per heavy atom. The second-order valence-corrected chi connectivity index (χ2v) is 6.42. The van der Waals surface area contributed by atoms with Gasteiger partial charge in [-0.15, -0.1) is 0 Å². The van der Waals surface area contributed by atoms with Crippen LogP contribution in [0, 0.1) is 0 Å². The van der Waals surface area contributed by atoms with Gasteiger partial charge in [0.1, 0.15) is 5.75 Å². The van der Waals surface area contributed by atoms with E-state index < -0.39 is 22.9 Å². The molecule has 0 fully saturated rings. The summed E-state index contributed by atoms with van der Waals surface area (Å²) in [5, 5.41) is 0.124. The number of benzene rings is 2. The molecule has 2 rings (SSSR count). The first-order valence-corrected chi connectivity index (χ1v) is 8.22. The highest BCUT2D eigenvalue weighted by Gasteiger charge is 2.40. The third-order valence-electron chi connectivity index (χ3n) is 3.13. The van der Waals surface area contributed by atoms with E-state index in [0.717, 1.165) is 12.1 Å². The number of carbonyl (C=O) groups excluding carboxylic acids is 2. The Morgan fingerprint density at radius 2 is 1.65 bits per heavy atom. The number of alkyl halides is 4. The molecule has 10 heteroatoms. The third-order valence-corrected chi connectivity index (χ3v) is 3.97. The summed E-state index contributed by atoms with van der Waals surface area (Å²) in [5.74, 6) is -1.05. The number of urea groups is 1. The highest BCUT2D eigenvalue weighted by atomic mass is 35.5. The van der Waals surface area contributed by atoms with Gasteiger partial charge >= 0.3 is 12.1 Å². The largest absolute Gasteiger partial charge is 0.431 e. The molecule has 26 heavy (non-hydrogen) atoms. The SMILES string of the molecule is NC(=O)N(C(=O)c1ccccc1Cl)c1ccc(OC(F)(F)C(Cl)Cl)cc1. The van der Waals surface area contributed by atoms with E-state index in [9.17, 15) is 18.4 Å². The lowest BCUT2D eigenvalue weighted by Gasteiger charge is -2.21. The summed E-state index contributed by atoms with van der Waals surface area (Å²) in [7, 11) is 0. The van der Waals surface area contributed by atoms with Crippen LogP contribution in [0.4, 0.5) is 19.3 Å². The van der Waals surface area contributed by atoms with Gasteiger partial charge in [0.15, 0.2) is 0 Å². The summed E-state index contributed by atoms with van der Waals surface area (Å²) in [6.45, 7) is 0. The van der Waals surface area contributed by atoms with E-state index in [4.69, 9.17) is 40.5 Å². The molecule has 0 saturated heterocycles. The molecular formula is C16H11Cl3F2N2O3. The normalized spacial score (nSPS) is 11.3. The number of hydrogen-bond donors (Lipinski definition) is 1. The molecule has 0 radical (unpaired) electrons. The van der Waals surface area contributed by atoms with Crippen molar-refractivity contribution in [3.8, 4) is 5.75 Å². The Morgan fingerprint density at radius 1 is 1.08 bits per heavy atom. The second-order valence-electron chi connectivity index (χ2n) is 4.92. The van der Waals surface area contributed by atoms with Gasteiger partial charge in [0.05, 0.1) is 16.3 Å². The molecule has 0 aromatic heterocycles. The first kappa shape index (κ1) is 20.2. The number of amides is 3. The van der Waals surface area contributed by atoms with Crippen molar-refractivity contribution in [3.63, 3.8) is 0 Å². The van der Waals surface area contributed by atoms with Gasteiger partial charge < -0.3 is 10.5 Å². The molecule has 3 amide bonds. The molecule has 0 spiro atoms. The first-order chi connectivity index (χ1) is 12.1. The second kappa shape index (κ2) is 8.07. The molecule has 2 aromatic rings. The van der Waals surface area contributed by atoms with Gasteiger partial charge in [0, 0.05) is 0 Å². The van der Waals surface area contributed by atoms with Crippen LogP contribution in [0.1, 0.15) is 10.4 Å². The summed E-state index contributed by atoms with van der Waals surface area (Å²) < 4.78 is 31.1. The average molecular weight is 424 g/mol. The molecule has 2 N–H and O–H groups in total. The van der Waals surface area contributed by atoms with Crippen molar-refractivity contribution in [3.05, 3.63) is 59.1 Å². The van der Waals surface area contributed by atoms with Gasteiger partial charge in [-0.3, -0.25) is 4.79 Å². The minimum Gasteiger partial charge on any atom is -0.431 e. The van der Waals surface area contributed by atoms with Gasteiger partial charge in [0.25, 0.3) is 5.91 Å². The van der Waals surface area contributed by atoms with Crippen molar-refractivity contribution in [1.29, 1.82) is 0 Å². The summed E-state index contributed by atoms with van der Waals surface area (Å²) >= 11 is 16.2. The first-order valence-electron chi connectivity index (χ1n) is 6.97. The maximum absolute atomic E-state index is 13.4. The highest BCUT2D eigenvalue weighted by Crippen LogP contribution is 2.31. The summed E-state index contributed by atoms with van der Waals surface area (Å²) in [4.78, 5) is 22.9. The monoisotopic (exact) mass is 422 g/mol.